The van der Waals surface area contributed by atoms with Gasteiger partial charge in [-0.05, 0) is 48.2 Å². The number of pyridine rings is 2. The number of amides is 1. The molecule has 1 aliphatic rings. The van der Waals surface area contributed by atoms with Gasteiger partial charge in [-0.15, -0.1) is 0 Å². The van der Waals surface area contributed by atoms with Gasteiger partial charge in [0.05, 0.1) is 17.3 Å². The van der Waals surface area contributed by atoms with Gasteiger partial charge in [-0.1, -0.05) is 35.3 Å². The molecule has 0 aliphatic heterocycles. The lowest BCUT2D eigenvalue weighted by Gasteiger charge is -2.08. The van der Waals surface area contributed by atoms with Gasteiger partial charge in [-0.25, -0.2) is 9.97 Å². The van der Waals surface area contributed by atoms with Crippen LogP contribution in [-0.2, 0) is 11.3 Å². The van der Waals surface area contributed by atoms with E-state index in [2.05, 4.69) is 20.6 Å². The average Bonchev–Trinajstić information content (AvgIpc) is 3.46. The molecule has 2 unspecified atom stereocenters. The fraction of sp³-hybridized carbons (Fsp3) is 0.174. The first-order chi connectivity index (χ1) is 15.0. The normalized spacial score (nSPS) is 17.5. The van der Waals surface area contributed by atoms with Gasteiger partial charge >= 0.3 is 0 Å². The maximum atomic E-state index is 12.6. The Morgan fingerprint density at radius 2 is 2.00 bits per heavy atom. The van der Waals surface area contributed by atoms with Crippen LogP contribution >= 0.6 is 23.2 Å². The van der Waals surface area contributed by atoms with E-state index in [1.807, 2.05) is 65.3 Å². The van der Waals surface area contributed by atoms with Crippen LogP contribution in [0.15, 0.2) is 67.1 Å². The van der Waals surface area contributed by atoms with Crippen molar-refractivity contribution in [2.75, 3.05) is 10.6 Å². The molecule has 1 amide bonds. The number of aromatic nitrogens is 3. The van der Waals surface area contributed by atoms with Crippen LogP contribution in [-0.4, -0.2) is 20.3 Å². The van der Waals surface area contributed by atoms with E-state index in [0.29, 0.717) is 22.4 Å². The summed E-state index contributed by atoms with van der Waals surface area (Å²) in [5, 5.41) is 7.60. The zero-order chi connectivity index (χ0) is 21.4. The Morgan fingerprint density at radius 3 is 2.87 bits per heavy atom. The van der Waals surface area contributed by atoms with Gasteiger partial charge in [-0.3, -0.25) is 4.79 Å². The molecule has 31 heavy (non-hydrogen) atoms. The second kappa shape index (κ2) is 8.21. The third-order valence-corrected chi connectivity index (χ3v) is 5.81. The van der Waals surface area contributed by atoms with Crippen LogP contribution in [0.3, 0.4) is 0 Å². The predicted octanol–water partition coefficient (Wildman–Crippen LogP) is 5.39. The minimum atomic E-state index is -0.0540. The molecule has 0 spiro atoms. The summed E-state index contributed by atoms with van der Waals surface area (Å²) in [4.78, 5) is 21.5. The van der Waals surface area contributed by atoms with Crippen molar-refractivity contribution in [2.45, 2.75) is 18.9 Å². The van der Waals surface area contributed by atoms with Gasteiger partial charge in [0.15, 0.2) is 0 Å². The zero-order valence-corrected chi connectivity index (χ0v) is 17.9. The van der Waals surface area contributed by atoms with Crippen molar-refractivity contribution in [1.29, 1.82) is 0 Å². The molecule has 0 radical (unpaired) electrons. The van der Waals surface area contributed by atoms with Crippen LogP contribution in [0, 0.1) is 5.92 Å². The van der Waals surface area contributed by atoms with Crippen LogP contribution in [0.25, 0.3) is 5.65 Å². The van der Waals surface area contributed by atoms with Gasteiger partial charge in [0.25, 0.3) is 0 Å². The van der Waals surface area contributed by atoms with Gasteiger partial charge in [-0.2, -0.15) is 0 Å². The molecule has 3 heterocycles. The molecule has 156 valence electrons. The molecule has 8 heteroatoms. The quantitative estimate of drug-likeness (QED) is 0.412. The fourth-order valence-corrected chi connectivity index (χ4v) is 4.08. The van der Waals surface area contributed by atoms with E-state index in [0.717, 1.165) is 29.0 Å². The Kier molecular flexibility index (Phi) is 5.26. The minimum Gasteiger partial charge on any atom is -0.379 e. The summed E-state index contributed by atoms with van der Waals surface area (Å²) < 4.78 is 1.89. The zero-order valence-electron chi connectivity index (χ0n) is 16.4. The summed E-state index contributed by atoms with van der Waals surface area (Å²) in [7, 11) is 0. The lowest BCUT2D eigenvalue weighted by atomic mass is 10.1. The number of benzene rings is 1. The Balaban J connectivity index is 1.20. The third-order valence-electron chi connectivity index (χ3n) is 5.35. The average molecular weight is 452 g/mol. The summed E-state index contributed by atoms with van der Waals surface area (Å²) in [6.07, 6.45) is 6.24. The lowest BCUT2D eigenvalue weighted by molar-refractivity contribution is -0.117. The molecule has 1 aliphatic carbocycles. The van der Waals surface area contributed by atoms with Crippen LogP contribution < -0.4 is 10.6 Å². The first-order valence-corrected chi connectivity index (χ1v) is 10.7. The summed E-state index contributed by atoms with van der Waals surface area (Å²) in [6.45, 7) is 0.538. The van der Waals surface area contributed by atoms with Crippen molar-refractivity contribution in [3.05, 3.63) is 88.4 Å². The standard InChI is InChI=1S/C23H19Cl2N5O/c24-15-3-1-2-14(8-15)19-10-20(19)23(31)29-21-9-17(6-7-26-21)27-11-18-13-30-12-16(25)4-5-22(30)28-18/h1-9,12-13,19-20H,10-11H2,(H2,26,27,29,31). The van der Waals surface area contributed by atoms with E-state index < -0.39 is 0 Å². The van der Waals surface area contributed by atoms with E-state index in [1.54, 1.807) is 6.20 Å². The van der Waals surface area contributed by atoms with E-state index in [4.69, 9.17) is 23.2 Å². The molecule has 0 saturated heterocycles. The van der Waals surface area contributed by atoms with E-state index in [-0.39, 0.29) is 17.7 Å². The molecule has 6 nitrogen and oxygen atoms in total. The first-order valence-electron chi connectivity index (χ1n) is 9.94. The Bertz CT molecular complexity index is 1270. The SMILES string of the molecule is O=C(Nc1cc(NCc2cn3cc(Cl)ccc3n2)ccn1)C1CC1c1cccc(Cl)c1. The first kappa shape index (κ1) is 19.8. The van der Waals surface area contributed by atoms with Crippen molar-refractivity contribution in [3.8, 4) is 0 Å². The third kappa shape index (κ3) is 4.50. The lowest BCUT2D eigenvalue weighted by Crippen LogP contribution is -2.15. The number of carbonyl (C=O) groups is 1. The van der Waals surface area contributed by atoms with Crippen molar-refractivity contribution in [2.24, 2.45) is 5.92 Å². The maximum absolute atomic E-state index is 12.6. The molecule has 3 aromatic heterocycles. The molecule has 2 N–H and O–H groups in total. The number of rotatable bonds is 6. The highest BCUT2D eigenvalue weighted by atomic mass is 35.5. The molecule has 5 rings (SSSR count). The Hall–Kier alpha value is -3.09. The fourth-order valence-electron chi connectivity index (χ4n) is 3.71. The minimum absolute atomic E-state index is 0.0214. The molecule has 2 atom stereocenters. The summed E-state index contributed by atoms with van der Waals surface area (Å²) >= 11 is 12.1. The smallest absolute Gasteiger partial charge is 0.229 e. The number of hydrogen-bond donors (Lipinski definition) is 2. The highest BCUT2D eigenvalue weighted by molar-refractivity contribution is 6.30. The van der Waals surface area contributed by atoms with Crippen molar-refractivity contribution in [3.63, 3.8) is 0 Å². The highest BCUT2D eigenvalue weighted by Gasteiger charge is 2.44. The highest BCUT2D eigenvalue weighted by Crippen LogP contribution is 2.48. The van der Waals surface area contributed by atoms with Gasteiger partial charge in [0.1, 0.15) is 11.5 Å². The van der Waals surface area contributed by atoms with Crippen LogP contribution in [0.4, 0.5) is 11.5 Å². The van der Waals surface area contributed by atoms with Gasteiger partial charge < -0.3 is 15.0 Å². The summed E-state index contributed by atoms with van der Waals surface area (Å²) in [6, 6.07) is 15.1. The molecule has 0 bridgehead atoms. The van der Waals surface area contributed by atoms with Gasteiger partial charge in [0, 0.05) is 41.3 Å². The number of halogens is 2. The summed E-state index contributed by atoms with van der Waals surface area (Å²) in [5.41, 5.74) is 3.67. The van der Waals surface area contributed by atoms with E-state index >= 15 is 0 Å². The van der Waals surface area contributed by atoms with E-state index in [9.17, 15) is 4.79 Å². The van der Waals surface area contributed by atoms with Crippen LogP contribution in [0.1, 0.15) is 23.6 Å². The number of hydrogen-bond acceptors (Lipinski definition) is 4. The predicted molar refractivity (Wildman–Crippen MR) is 123 cm³/mol. The Morgan fingerprint density at radius 1 is 1.10 bits per heavy atom. The van der Waals surface area contributed by atoms with Crippen molar-refractivity contribution >= 4 is 46.3 Å². The Labute approximate surface area is 189 Å². The van der Waals surface area contributed by atoms with Crippen LogP contribution in [0.2, 0.25) is 10.0 Å². The van der Waals surface area contributed by atoms with Gasteiger partial charge in [0.2, 0.25) is 5.91 Å². The topological polar surface area (TPSA) is 71.3 Å². The second-order valence-electron chi connectivity index (χ2n) is 7.62. The molecule has 1 saturated carbocycles. The largest absolute Gasteiger partial charge is 0.379 e. The summed E-state index contributed by atoms with van der Waals surface area (Å²) in [5.74, 6) is 0.658. The van der Waals surface area contributed by atoms with E-state index in [1.165, 1.54) is 0 Å². The number of carbonyl (C=O) groups excluding carboxylic acids is 1. The number of imidazole rings is 1. The molecule has 1 aromatic carbocycles. The number of anilines is 2. The number of fused-ring (bicyclic) bond motifs is 1. The van der Waals surface area contributed by atoms with Crippen molar-refractivity contribution < 1.29 is 4.79 Å². The second-order valence-corrected chi connectivity index (χ2v) is 8.49. The number of nitrogens with one attached hydrogen (secondary N) is 2. The molecular formula is C23H19Cl2N5O. The monoisotopic (exact) mass is 451 g/mol. The molecule has 1 fully saturated rings. The maximum Gasteiger partial charge on any atom is 0.229 e. The molecular weight excluding hydrogens is 433 g/mol. The van der Waals surface area contributed by atoms with Crippen molar-refractivity contribution in [1.82, 2.24) is 14.4 Å². The number of nitrogens with zero attached hydrogens (tertiary/aromatic N) is 3. The molecule has 4 aromatic rings. The van der Waals surface area contributed by atoms with Crippen LogP contribution in [0.5, 0.6) is 0 Å².